The number of benzene rings is 1. The van der Waals surface area contributed by atoms with Crippen LogP contribution in [0.15, 0.2) is 34.8 Å². The number of aromatic nitrogens is 2. The number of aromatic amines is 1. The van der Waals surface area contributed by atoms with E-state index >= 15 is 0 Å². The second-order valence-corrected chi connectivity index (χ2v) is 4.84. The Morgan fingerprint density at radius 1 is 1.47 bits per heavy atom. The van der Waals surface area contributed by atoms with Crippen molar-refractivity contribution in [3.8, 4) is 0 Å². The quantitative estimate of drug-likeness (QED) is 0.852. The highest BCUT2D eigenvalue weighted by atomic mass is 79.9. The Morgan fingerprint density at radius 2 is 2.26 bits per heavy atom. The van der Waals surface area contributed by atoms with Crippen LogP contribution in [0.2, 0.25) is 0 Å². The van der Waals surface area contributed by atoms with E-state index in [2.05, 4.69) is 31.4 Å². The largest absolute Gasteiger partial charge is 0.306 e. The molecule has 0 atom stereocenters. The molecule has 0 aliphatic rings. The van der Waals surface area contributed by atoms with Crippen LogP contribution < -0.4 is 5.32 Å². The fraction of sp³-hybridized carbons (Fsp3) is 0.0769. The van der Waals surface area contributed by atoms with E-state index in [-0.39, 0.29) is 11.7 Å². The van der Waals surface area contributed by atoms with Gasteiger partial charge in [-0.15, -0.1) is 0 Å². The molecule has 0 fully saturated rings. The number of hydrogen-bond donors (Lipinski definition) is 2. The lowest BCUT2D eigenvalue weighted by molar-refractivity contribution is -0.111. The van der Waals surface area contributed by atoms with Crippen molar-refractivity contribution in [2.24, 2.45) is 0 Å². The van der Waals surface area contributed by atoms with Crippen LogP contribution in [0.3, 0.4) is 0 Å². The summed E-state index contributed by atoms with van der Waals surface area (Å²) in [6.07, 6.45) is 2.67. The monoisotopic (exact) mass is 323 g/mol. The van der Waals surface area contributed by atoms with Crippen molar-refractivity contribution in [2.45, 2.75) is 6.92 Å². The molecular formula is C13H11BrFN3O. The smallest absolute Gasteiger partial charge is 0.249 e. The maximum absolute atomic E-state index is 13.4. The van der Waals surface area contributed by atoms with Gasteiger partial charge in [0.1, 0.15) is 5.82 Å². The Balaban J connectivity index is 2.05. The zero-order valence-electron chi connectivity index (χ0n) is 10.1. The Kier molecular flexibility index (Phi) is 4.11. The predicted molar refractivity (Wildman–Crippen MR) is 75.1 cm³/mol. The van der Waals surface area contributed by atoms with Gasteiger partial charge < -0.3 is 5.32 Å². The summed E-state index contributed by atoms with van der Waals surface area (Å²) in [5.74, 6) is -0.324. The topological polar surface area (TPSA) is 57.8 Å². The standard InChI is InChI=1S/C13H11BrFN3O/c1-8-6-12(18-17-8)16-13(19)5-2-9-7-10(14)3-4-11(9)15/h2-7H,1H3,(H2,16,17,18,19). The highest BCUT2D eigenvalue weighted by Gasteiger charge is 2.03. The third kappa shape index (κ3) is 3.75. The summed E-state index contributed by atoms with van der Waals surface area (Å²) in [6, 6.07) is 6.22. The van der Waals surface area contributed by atoms with Crippen molar-refractivity contribution in [1.82, 2.24) is 10.2 Å². The van der Waals surface area contributed by atoms with Gasteiger partial charge in [-0.2, -0.15) is 5.10 Å². The van der Waals surface area contributed by atoms with E-state index < -0.39 is 0 Å². The normalized spacial score (nSPS) is 10.9. The van der Waals surface area contributed by atoms with Crippen molar-refractivity contribution in [2.75, 3.05) is 5.32 Å². The van der Waals surface area contributed by atoms with E-state index in [1.807, 2.05) is 6.92 Å². The average molecular weight is 324 g/mol. The van der Waals surface area contributed by atoms with Crippen LogP contribution in [-0.2, 0) is 4.79 Å². The lowest BCUT2D eigenvalue weighted by atomic mass is 10.2. The van der Waals surface area contributed by atoms with Crippen LogP contribution in [0.1, 0.15) is 11.3 Å². The molecule has 0 aliphatic heterocycles. The SMILES string of the molecule is Cc1cc(NC(=O)C=Cc2cc(Br)ccc2F)n[nH]1. The van der Waals surface area contributed by atoms with Crippen molar-refractivity contribution >= 4 is 33.7 Å². The van der Waals surface area contributed by atoms with Gasteiger partial charge >= 0.3 is 0 Å². The van der Waals surface area contributed by atoms with Gasteiger partial charge in [-0.05, 0) is 31.2 Å². The number of aryl methyl sites for hydroxylation is 1. The number of H-pyrrole nitrogens is 1. The summed E-state index contributed by atoms with van der Waals surface area (Å²) in [7, 11) is 0. The fourth-order valence-electron chi connectivity index (χ4n) is 1.46. The number of hydrogen-bond acceptors (Lipinski definition) is 2. The number of carbonyl (C=O) groups is 1. The number of anilines is 1. The first kappa shape index (κ1) is 13.5. The molecule has 0 bridgehead atoms. The van der Waals surface area contributed by atoms with Crippen LogP contribution in [-0.4, -0.2) is 16.1 Å². The molecule has 6 heteroatoms. The molecule has 2 N–H and O–H groups in total. The van der Waals surface area contributed by atoms with Gasteiger partial charge in [0.25, 0.3) is 0 Å². The van der Waals surface area contributed by atoms with Gasteiger partial charge in [0, 0.05) is 27.9 Å². The highest BCUT2D eigenvalue weighted by Crippen LogP contribution is 2.16. The zero-order valence-corrected chi connectivity index (χ0v) is 11.7. The van der Waals surface area contributed by atoms with Gasteiger partial charge in [0.15, 0.2) is 5.82 Å². The molecule has 0 spiro atoms. The predicted octanol–water partition coefficient (Wildman–Crippen LogP) is 3.27. The number of rotatable bonds is 3. The maximum atomic E-state index is 13.4. The Bertz CT molecular complexity index is 637. The number of amides is 1. The molecule has 2 rings (SSSR count). The molecule has 98 valence electrons. The number of halogens is 2. The maximum Gasteiger partial charge on any atom is 0.249 e. The van der Waals surface area contributed by atoms with E-state index in [4.69, 9.17) is 0 Å². The van der Waals surface area contributed by atoms with Gasteiger partial charge in [-0.1, -0.05) is 15.9 Å². The number of carbonyl (C=O) groups excluding carboxylic acids is 1. The molecule has 1 heterocycles. The van der Waals surface area contributed by atoms with Crippen molar-refractivity contribution in [1.29, 1.82) is 0 Å². The van der Waals surface area contributed by atoms with Crippen molar-refractivity contribution < 1.29 is 9.18 Å². The molecule has 0 radical (unpaired) electrons. The lowest BCUT2D eigenvalue weighted by Crippen LogP contribution is -2.07. The summed E-state index contributed by atoms with van der Waals surface area (Å²) in [5.41, 5.74) is 1.18. The first-order chi connectivity index (χ1) is 9.04. The fourth-order valence-corrected chi connectivity index (χ4v) is 1.84. The van der Waals surface area contributed by atoms with Gasteiger partial charge in [0.2, 0.25) is 5.91 Å². The van der Waals surface area contributed by atoms with E-state index in [9.17, 15) is 9.18 Å². The second kappa shape index (κ2) is 5.79. The van der Waals surface area contributed by atoms with Gasteiger partial charge in [-0.25, -0.2) is 4.39 Å². The minimum absolute atomic E-state index is 0.336. The third-order valence-corrected chi connectivity index (χ3v) is 2.82. The Labute approximate surface area is 117 Å². The van der Waals surface area contributed by atoms with Crippen LogP contribution in [0.4, 0.5) is 10.2 Å². The van der Waals surface area contributed by atoms with Gasteiger partial charge in [0.05, 0.1) is 0 Å². The van der Waals surface area contributed by atoms with Crippen LogP contribution >= 0.6 is 15.9 Å². The highest BCUT2D eigenvalue weighted by molar-refractivity contribution is 9.10. The summed E-state index contributed by atoms with van der Waals surface area (Å²) >= 11 is 3.24. The second-order valence-electron chi connectivity index (χ2n) is 3.92. The molecule has 19 heavy (non-hydrogen) atoms. The van der Waals surface area contributed by atoms with Gasteiger partial charge in [-0.3, -0.25) is 9.89 Å². The Morgan fingerprint density at radius 3 is 2.95 bits per heavy atom. The molecule has 0 unspecified atom stereocenters. The molecule has 4 nitrogen and oxygen atoms in total. The van der Waals surface area contributed by atoms with Crippen molar-refractivity contribution in [3.63, 3.8) is 0 Å². The first-order valence-electron chi connectivity index (χ1n) is 5.51. The zero-order chi connectivity index (χ0) is 13.8. The molecule has 0 saturated carbocycles. The van der Waals surface area contributed by atoms with E-state index in [1.54, 1.807) is 18.2 Å². The summed E-state index contributed by atoms with van der Waals surface area (Å²) in [6.45, 7) is 1.83. The minimum Gasteiger partial charge on any atom is -0.306 e. The van der Waals surface area contributed by atoms with Crippen LogP contribution in [0.25, 0.3) is 6.08 Å². The Hall–Kier alpha value is -1.95. The van der Waals surface area contributed by atoms with E-state index in [0.29, 0.717) is 11.4 Å². The minimum atomic E-state index is -0.386. The first-order valence-corrected chi connectivity index (χ1v) is 6.30. The summed E-state index contributed by atoms with van der Waals surface area (Å²) in [5, 5.41) is 9.14. The third-order valence-electron chi connectivity index (χ3n) is 2.33. The number of nitrogens with one attached hydrogen (secondary N) is 2. The molecule has 1 aromatic carbocycles. The van der Waals surface area contributed by atoms with E-state index in [1.165, 1.54) is 18.2 Å². The van der Waals surface area contributed by atoms with Crippen LogP contribution in [0, 0.1) is 12.7 Å². The average Bonchev–Trinajstić information content (AvgIpc) is 2.76. The molecule has 0 aliphatic carbocycles. The molecule has 1 amide bonds. The number of nitrogens with zero attached hydrogens (tertiary/aromatic N) is 1. The molecule has 2 aromatic rings. The molecular weight excluding hydrogens is 313 g/mol. The molecule has 1 aromatic heterocycles. The summed E-state index contributed by atoms with van der Waals surface area (Å²) in [4.78, 5) is 11.6. The van der Waals surface area contributed by atoms with Crippen molar-refractivity contribution in [3.05, 3.63) is 51.9 Å². The summed E-state index contributed by atoms with van der Waals surface area (Å²) < 4.78 is 14.2. The van der Waals surface area contributed by atoms with E-state index in [0.717, 1.165) is 10.2 Å². The lowest BCUT2D eigenvalue weighted by Gasteiger charge is -1.98. The van der Waals surface area contributed by atoms with Crippen LogP contribution in [0.5, 0.6) is 0 Å². The molecule has 0 saturated heterocycles.